The second kappa shape index (κ2) is 6.39. The molecule has 4 rings (SSSR count). The van der Waals surface area contributed by atoms with Gasteiger partial charge < -0.3 is 5.32 Å². The van der Waals surface area contributed by atoms with Crippen LogP contribution in [0.5, 0.6) is 0 Å². The highest BCUT2D eigenvalue weighted by atomic mass is 15.2. The van der Waals surface area contributed by atoms with Crippen LogP contribution in [0.15, 0.2) is 42.5 Å². The highest BCUT2D eigenvalue weighted by molar-refractivity contribution is 5.86. The molecule has 2 fully saturated rings. The zero-order chi connectivity index (χ0) is 14.8. The molecule has 2 aromatic carbocycles. The van der Waals surface area contributed by atoms with E-state index in [2.05, 4.69) is 52.7 Å². The van der Waals surface area contributed by atoms with E-state index >= 15 is 0 Å². The van der Waals surface area contributed by atoms with Crippen LogP contribution in [0.3, 0.4) is 0 Å². The van der Waals surface area contributed by atoms with Crippen molar-refractivity contribution in [2.75, 3.05) is 26.2 Å². The van der Waals surface area contributed by atoms with Gasteiger partial charge in [-0.25, -0.2) is 0 Å². The predicted molar refractivity (Wildman–Crippen MR) is 93.1 cm³/mol. The Balaban J connectivity index is 1.77. The Kier molecular flexibility index (Phi) is 4.13. The fourth-order valence-corrected chi connectivity index (χ4v) is 4.49. The molecule has 0 unspecified atom stereocenters. The molecule has 2 nitrogen and oxygen atoms in total. The highest BCUT2D eigenvalue weighted by Crippen LogP contribution is 2.41. The Morgan fingerprint density at radius 3 is 2.45 bits per heavy atom. The summed E-state index contributed by atoms with van der Waals surface area (Å²) in [7, 11) is 0. The third-order valence-corrected chi connectivity index (χ3v) is 5.53. The summed E-state index contributed by atoms with van der Waals surface area (Å²) in [6.07, 6.45) is 5.63. The molecule has 1 saturated heterocycles. The molecule has 1 aliphatic carbocycles. The van der Waals surface area contributed by atoms with Gasteiger partial charge in [0.2, 0.25) is 0 Å². The fraction of sp³-hybridized carbons (Fsp3) is 0.500. The molecule has 0 bridgehead atoms. The second-order valence-electron chi connectivity index (χ2n) is 6.84. The van der Waals surface area contributed by atoms with Crippen molar-refractivity contribution in [3.8, 4) is 0 Å². The van der Waals surface area contributed by atoms with E-state index < -0.39 is 0 Å². The van der Waals surface area contributed by atoms with Crippen LogP contribution in [0.4, 0.5) is 0 Å². The minimum absolute atomic E-state index is 0.607. The van der Waals surface area contributed by atoms with E-state index in [9.17, 15) is 0 Å². The van der Waals surface area contributed by atoms with Gasteiger partial charge in [-0.05, 0) is 35.1 Å². The van der Waals surface area contributed by atoms with Gasteiger partial charge in [-0.2, -0.15) is 0 Å². The summed E-state index contributed by atoms with van der Waals surface area (Å²) in [5, 5.41) is 6.35. The second-order valence-corrected chi connectivity index (χ2v) is 6.84. The predicted octanol–water partition coefficient (Wildman–Crippen LogP) is 3.98. The maximum atomic E-state index is 3.51. The molecule has 1 atom stereocenters. The van der Waals surface area contributed by atoms with Crippen LogP contribution >= 0.6 is 0 Å². The minimum atomic E-state index is 0.607. The zero-order valence-electron chi connectivity index (χ0n) is 13.3. The summed E-state index contributed by atoms with van der Waals surface area (Å²) < 4.78 is 0. The van der Waals surface area contributed by atoms with Gasteiger partial charge in [0, 0.05) is 32.2 Å². The average Bonchev–Trinajstić information content (AvgIpc) is 3.11. The van der Waals surface area contributed by atoms with Gasteiger partial charge in [0.25, 0.3) is 0 Å². The first-order valence-corrected chi connectivity index (χ1v) is 8.86. The maximum absolute atomic E-state index is 3.51. The number of piperazine rings is 1. The number of hydrogen-bond donors (Lipinski definition) is 1. The maximum Gasteiger partial charge on any atom is 0.0383 e. The van der Waals surface area contributed by atoms with Gasteiger partial charge >= 0.3 is 0 Å². The van der Waals surface area contributed by atoms with Crippen molar-refractivity contribution in [2.24, 2.45) is 5.92 Å². The van der Waals surface area contributed by atoms with Gasteiger partial charge in [0.05, 0.1) is 0 Å². The average molecular weight is 294 g/mol. The van der Waals surface area contributed by atoms with Gasteiger partial charge in [0.15, 0.2) is 0 Å². The van der Waals surface area contributed by atoms with Gasteiger partial charge in [-0.15, -0.1) is 0 Å². The molecular weight excluding hydrogens is 268 g/mol. The van der Waals surface area contributed by atoms with Crippen molar-refractivity contribution in [3.05, 3.63) is 48.0 Å². The number of benzene rings is 2. The van der Waals surface area contributed by atoms with E-state index in [4.69, 9.17) is 0 Å². The lowest BCUT2D eigenvalue weighted by Gasteiger charge is -2.39. The Morgan fingerprint density at radius 1 is 0.909 bits per heavy atom. The zero-order valence-corrected chi connectivity index (χ0v) is 13.3. The molecule has 1 N–H and O–H groups in total. The lowest BCUT2D eigenvalue weighted by atomic mass is 9.87. The van der Waals surface area contributed by atoms with Crippen LogP contribution < -0.4 is 5.32 Å². The van der Waals surface area contributed by atoms with E-state index in [0.717, 1.165) is 19.0 Å². The monoisotopic (exact) mass is 294 g/mol. The molecule has 1 saturated carbocycles. The number of rotatable bonds is 3. The Hall–Kier alpha value is -1.38. The lowest BCUT2D eigenvalue weighted by Crippen LogP contribution is -2.46. The molecular formula is C20H26N2. The third-order valence-electron chi connectivity index (χ3n) is 5.53. The van der Waals surface area contributed by atoms with Crippen LogP contribution in [-0.4, -0.2) is 31.1 Å². The summed E-state index contributed by atoms with van der Waals surface area (Å²) in [6, 6.07) is 16.4. The molecule has 0 aromatic heterocycles. The Morgan fingerprint density at radius 2 is 1.64 bits per heavy atom. The van der Waals surface area contributed by atoms with Crippen molar-refractivity contribution >= 4 is 10.8 Å². The molecule has 2 aliphatic rings. The van der Waals surface area contributed by atoms with Crippen molar-refractivity contribution in [3.63, 3.8) is 0 Å². The van der Waals surface area contributed by atoms with Crippen molar-refractivity contribution < 1.29 is 0 Å². The van der Waals surface area contributed by atoms with E-state index in [0.29, 0.717) is 6.04 Å². The number of fused-ring (bicyclic) bond motifs is 1. The molecule has 0 radical (unpaired) electrons. The topological polar surface area (TPSA) is 15.3 Å². The quantitative estimate of drug-likeness (QED) is 0.921. The van der Waals surface area contributed by atoms with Crippen LogP contribution in [0.25, 0.3) is 10.8 Å². The summed E-state index contributed by atoms with van der Waals surface area (Å²) in [5.41, 5.74) is 1.56. The van der Waals surface area contributed by atoms with Crippen LogP contribution in [0, 0.1) is 5.92 Å². The molecule has 22 heavy (non-hydrogen) atoms. The first-order valence-electron chi connectivity index (χ1n) is 8.86. The van der Waals surface area contributed by atoms with E-state index in [1.54, 1.807) is 5.56 Å². The smallest absolute Gasteiger partial charge is 0.0383 e. The summed E-state index contributed by atoms with van der Waals surface area (Å²) in [6.45, 7) is 4.64. The Labute approximate surface area is 133 Å². The largest absolute Gasteiger partial charge is 0.314 e. The van der Waals surface area contributed by atoms with Crippen LogP contribution in [0.1, 0.15) is 37.3 Å². The van der Waals surface area contributed by atoms with Crippen LogP contribution in [0.2, 0.25) is 0 Å². The van der Waals surface area contributed by atoms with Crippen molar-refractivity contribution in [1.29, 1.82) is 0 Å². The first-order chi connectivity index (χ1) is 10.9. The van der Waals surface area contributed by atoms with E-state index in [1.165, 1.54) is 49.5 Å². The molecule has 2 heteroatoms. The molecule has 0 amide bonds. The van der Waals surface area contributed by atoms with Gasteiger partial charge in [0.1, 0.15) is 0 Å². The molecule has 1 heterocycles. The van der Waals surface area contributed by atoms with E-state index in [-0.39, 0.29) is 0 Å². The van der Waals surface area contributed by atoms with Crippen LogP contribution in [-0.2, 0) is 0 Å². The molecule has 0 spiro atoms. The number of nitrogens with one attached hydrogen (secondary N) is 1. The standard InChI is InChI=1S/C20H26N2/c1-2-8-17(7-1)20(22-14-12-21-13-15-22)19-11-5-9-16-6-3-4-10-18(16)19/h3-6,9-11,17,20-21H,1-2,7-8,12-15H2/t20-/m0/s1. The SMILES string of the molecule is c1ccc2c([C@H](C3CCCC3)N3CCNCC3)cccc2c1. The van der Waals surface area contributed by atoms with Crippen molar-refractivity contribution in [2.45, 2.75) is 31.7 Å². The number of nitrogens with zero attached hydrogens (tertiary/aromatic N) is 1. The first kappa shape index (κ1) is 14.2. The summed E-state index contributed by atoms with van der Waals surface area (Å²) in [5.74, 6) is 0.837. The molecule has 1 aliphatic heterocycles. The van der Waals surface area contributed by atoms with Gasteiger partial charge in [-0.1, -0.05) is 55.3 Å². The van der Waals surface area contributed by atoms with E-state index in [1.807, 2.05) is 0 Å². The molecule has 116 valence electrons. The third kappa shape index (κ3) is 2.66. The van der Waals surface area contributed by atoms with Crippen molar-refractivity contribution in [1.82, 2.24) is 10.2 Å². The summed E-state index contributed by atoms with van der Waals surface area (Å²) >= 11 is 0. The highest BCUT2D eigenvalue weighted by Gasteiger charge is 2.32. The normalized spacial score (nSPS) is 22.2. The fourth-order valence-electron chi connectivity index (χ4n) is 4.49. The summed E-state index contributed by atoms with van der Waals surface area (Å²) in [4.78, 5) is 2.74. The minimum Gasteiger partial charge on any atom is -0.314 e. The lowest BCUT2D eigenvalue weighted by molar-refractivity contribution is 0.126. The van der Waals surface area contributed by atoms with Gasteiger partial charge in [-0.3, -0.25) is 4.90 Å². The Bertz CT molecular complexity index is 619. The number of hydrogen-bond acceptors (Lipinski definition) is 2. The molecule has 2 aromatic rings.